The molecular formula is C18H18FNO2. The quantitative estimate of drug-likeness (QED) is 0.921. The highest BCUT2D eigenvalue weighted by atomic mass is 19.1. The average molecular weight is 299 g/mol. The van der Waals surface area contributed by atoms with Crippen LogP contribution in [0.25, 0.3) is 0 Å². The molecule has 3 rings (SSSR count). The molecule has 1 N–H and O–H groups in total. The molecule has 0 heterocycles. The highest BCUT2D eigenvalue weighted by Gasteiger charge is 2.51. The van der Waals surface area contributed by atoms with Crippen LogP contribution in [0.5, 0.6) is 5.75 Å². The Morgan fingerprint density at radius 3 is 2.50 bits per heavy atom. The van der Waals surface area contributed by atoms with Crippen molar-refractivity contribution in [3.05, 3.63) is 65.5 Å². The first-order valence-electron chi connectivity index (χ1n) is 7.32. The maximum absolute atomic E-state index is 13.0. The van der Waals surface area contributed by atoms with Gasteiger partial charge in [0.2, 0.25) is 5.91 Å². The van der Waals surface area contributed by atoms with Crippen molar-refractivity contribution in [1.82, 2.24) is 5.32 Å². The summed E-state index contributed by atoms with van der Waals surface area (Å²) in [5.74, 6) is 0.466. The van der Waals surface area contributed by atoms with E-state index in [1.165, 1.54) is 12.1 Å². The molecule has 114 valence electrons. The van der Waals surface area contributed by atoms with Gasteiger partial charge >= 0.3 is 0 Å². The van der Waals surface area contributed by atoms with E-state index >= 15 is 0 Å². The van der Waals surface area contributed by atoms with E-state index in [-0.39, 0.29) is 11.7 Å². The number of hydrogen-bond donors (Lipinski definition) is 1. The second-order valence-electron chi connectivity index (χ2n) is 5.58. The number of carbonyl (C=O) groups is 1. The monoisotopic (exact) mass is 299 g/mol. The first kappa shape index (κ1) is 14.6. The van der Waals surface area contributed by atoms with Crippen LogP contribution in [0.4, 0.5) is 4.39 Å². The number of para-hydroxylation sites is 1. The minimum Gasteiger partial charge on any atom is -0.496 e. The average Bonchev–Trinajstić information content (AvgIpc) is 3.35. The Morgan fingerprint density at radius 1 is 1.18 bits per heavy atom. The van der Waals surface area contributed by atoms with E-state index in [1.54, 1.807) is 19.2 Å². The number of rotatable bonds is 5. The Morgan fingerprint density at radius 2 is 1.86 bits per heavy atom. The van der Waals surface area contributed by atoms with Gasteiger partial charge in [-0.25, -0.2) is 4.39 Å². The maximum atomic E-state index is 13.0. The van der Waals surface area contributed by atoms with Gasteiger partial charge in [0, 0.05) is 12.1 Å². The van der Waals surface area contributed by atoms with E-state index in [9.17, 15) is 9.18 Å². The van der Waals surface area contributed by atoms with Gasteiger partial charge in [0.05, 0.1) is 12.5 Å². The zero-order valence-corrected chi connectivity index (χ0v) is 12.4. The Bertz CT molecular complexity index is 678. The van der Waals surface area contributed by atoms with Gasteiger partial charge in [0.15, 0.2) is 0 Å². The van der Waals surface area contributed by atoms with Gasteiger partial charge in [-0.1, -0.05) is 30.3 Å². The van der Waals surface area contributed by atoms with Crippen molar-refractivity contribution < 1.29 is 13.9 Å². The number of halogens is 1. The van der Waals surface area contributed by atoms with Gasteiger partial charge in [-0.05, 0) is 36.6 Å². The number of hydrogen-bond acceptors (Lipinski definition) is 2. The van der Waals surface area contributed by atoms with Crippen LogP contribution in [0, 0.1) is 5.82 Å². The summed E-state index contributed by atoms with van der Waals surface area (Å²) < 4.78 is 18.3. The molecule has 0 radical (unpaired) electrons. The third-order valence-electron chi connectivity index (χ3n) is 4.21. The van der Waals surface area contributed by atoms with Gasteiger partial charge in [0.25, 0.3) is 0 Å². The summed E-state index contributed by atoms with van der Waals surface area (Å²) in [6.07, 6.45) is 1.60. The molecule has 0 saturated heterocycles. The molecule has 1 saturated carbocycles. The summed E-state index contributed by atoms with van der Waals surface area (Å²) in [6, 6.07) is 13.8. The van der Waals surface area contributed by atoms with Crippen LogP contribution in [-0.2, 0) is 16.8 Å². The molecular weight excluding hydrogens is 281 g/mol. The van der Waals surface area contributed by atoms with Crippen molar-refractivity contribution in [1.29, 1.82) is 0 Å². The molecule has 4 heteroatoms. The highest BCUT2D eigenvalue weighted by molar-refractivity contribution is 5.91. The SMILES string of the molecule is COc1ccccc1CNC(=O)C1(c2ccc(F)cc2)CC1. The summed E-state index contributed by atoms with van der Waals surface area (Å²) >= 11 is 0. The van der Waals surface area contributed by atoms with Crippen LogP contribution in [0.15, 0.2) is 48.5 Å². The van der Waals surface area contributed by atoms with Gasteiger partial charge in [-0.15, -0.1) is 0 Å². The molecule has 1 fully saturated rings. The predicted molar refractivity (Wildman–Crippen MR) is 82.2 cm³/mol. The van der Waals surface area contributed by atoms with Crippen LogP contribution >= 0.6 is 0 Å². The first-order chi connectivity index (χ1) is 10.7. The van der Waals surface area contributed by atoms with Crippen LogP contribution in [0.3, 0.4) is 0 Å². The topological polar surface area (TPSA) is 38.3 Å². The number of carbonyl (C=O) groups excluding carboxylic acids is 1. The number of methoxy groups -OCH3 is 1. The molecule has 3 nitrogen and oxygen atoms in total. The number of nitrogens with one attached hydrogen (secondary N) is 1. The third kappa shape index (κ3) is 2.69. The van der Waals surface area contributed by atoms with E-state index in [0.717, 1.165) is 29.7 Å². The van der Waals surface area contributed by atoms with Gasteiger partial charge in [-0.2, -0.15) is 0 Å². The fourth-order valence-electron chi connectivity index (χ4n) is 2.73. The third-order valence-corrected chi connectivity index (χ3v) is 4.21. The Kier molecular flexibility index (Phi) is 3.84. The van der Waals surface area contributed by atoms with Crippen molar-refractivity contribution in [2.75, 3.05) is 7.11 Å². The van der Waals surface area contributed by atoms with Crippen LogP contribution in [-0.4, -0.2) is 13.0 Å². The smallest absolute Gasteiger partial charge is 0.230 e. The van der Waals surface area contributed by atoms with E-state index in [4.69, 9.17) is 4.74 Å². The molecule has 22 heavy (non-hydrogen) atoms. The second kappa shape index (κ2) is 5.79. The summed E-state index contributed by atoms with van der Waals surface area (Å²) in [7, 11) is 1.61. The van der Waals surface area contributed by atoms with E-state index in [1.807, 2.05) is 24.3 Å². The van der Waals surface area contributed by atoms with Gasteiger partial charge in [0.1, 0.15) is 11.6 Å². The van der Waals surface area contributed by atoms with Crippen LogP contribution in [0.1, 0.15) is 24.0 Å². The normalized spacial score (nSPS) is 15.2. The molecule has 0 spiro atoms. The largest absolute Gasteiger partial charge is 0.496 e. The predicted octanol–water partition coefficient (Wildman–Crippen LogP) is 3.18. The molecule has 0 aromatic heterocycles. The lowest BCUT2D eigenvalue weighted by Gasteiger charge is -2.16. The van der Waals surface area contributed by atoms with E-state index in [0.29, 0.717) is 6.54 Å². The van der Waals surface area contributed by atoms with Gasteiger partial charge < -0.3 is 10.1 Å². The molecule has 0 atom stereocenters. The van der Waals surface area contributed by atoms with Crippen molar-refractivity contribution in [2.24, 2.45) is 0 Å². The fraction of sp³-hybridized carbons (Fsp3) is 0.278. The molecule has 0 bridgehead atoms. The second-order valence-corrected chi connectivity index (χ2v) is 5.58. The number of ether oxygens (including phenoxy) is 1. The summed E-state index contributed by atoms with van der Waals surface area (Å²) in [5.41, 5.74) is 1.33. The summed E-state index contributed by atoms with van der Waals surface area (Å²) in [5, 5.41) is 2.98. The molecule has 1 aliphatic rings. The zero-order valence-electron chi connectivity index (χ0n) is 12.4. The van der Waals surface area contributed by atoms with Crippen LogP contribution in [0.2, 0.25) is 0 Å². The van der Waals surface area contributed by atoms with Gasteiger partial charge in [-0.3, -0.25) is 4.79 Å². The van der Waals surface area contributed by atoms with E-state index in [2.05, 4.69) is 5.32 Å². The number of amides is 1. The van der Waals surface area contributed by atoms with Crippen molar-refractivity contribution >= 4 is 5.91 Å². The standard InChI is InChI=1S/C18H18FNO2/c1-22-16-5-3-2-4-13(16)12-20-17(21)18(10-11-18)14-6-8-15(19)9-7-14/h2-9H,10-12H2,1H3,(H,20,21). The molecule has 0 unspecified atom stereocenters. The maximum Gasteiger partial charge on any atom is 0.230 e. The summed E-state index contributed by atoms with van der Waals surface area (Å²) in [4.78, 5) is 12.5. The summed E-state index contributed by atoms with van der Waals surface area (Å²) in [6.45, 7) is 0.422. The molecule has 1 aliphatic carbocycles. The Labute approximate surface area is 129 Å². The fourth-order valence-corrected chi connectivity index (χ4v) is 2.73. The molecule has 2 aromatic rings. The Balaban J connectivity index is 1.71. The van der Waals surface area contributed by atoms with E-state index < -0.39 is 5.41 Å². The minimum absolute atomic E-state index is 0.00925. The molecule has 1 amide bonds. The van der Waals surface area contributed by atoms with Crippen molar-refractivity contribution in [2.45, 2.75) is 24.8 Å². The lowest BCUT2D eigenvalue weighted by molar-refractivity contribution is -0.123. The van der Waals surface area contributed by atoms with Crippen LogP contribution < -0.4 is 10.1 Å². The van der Waals surface area contributed by atoms with Crippen molar-refractivity contribution in [3.63, 3.8) is 0 Å². The first-order valence-corrected chi connectivity index (χ1v) is 7.32. The minimum atomic E-state index is -0.490. The number of benzene rings is 2. The lowest BCUT2D eigenvalue weighted by atomic mass is 9.95. The Hall–Kier alpha value is -2.36. The molecule has 0 aliphatic heterocycles. The highest BCUT2D eigenvalue weighted by Crippen LogP contribution is 2.48. The zero-order chi connectivity index (χ0) is 15.6. The lowest BCUT2D eigenvalue weighted by Crippen LogP contribution is -2.34. The molecule has 2 aromatic carbocycles. The van der Waals surface area contributed by atoms with Crippen molar-refractivity contribution in [3.8, 4) is 5.75 Å².